The third-order valence-electron chi connectivity index (χ3n) is 4.15. The lowest BCUT2D eigenvalue weighted by atomic mass is 9.76. The maximum atomic E-state index is 12.5. The number of hydrogen-bond donors (Lipinski definition) is 2. The highest BCUT2D eigenvalue weighted by Crippen LogP contribution is 2.39. The topological polar surface area (TPSA) is 114 Å². The molecule has 3 aromatic rings. The number of nitrogens with one attached hydrogen (secondary N) is 2. The second kappa shape index (κ2) is 5.27. The van der Waals surface area contributed by atoms with Crippen molar-refractivity contribution >= 4 is 5.91 Å². The highest BCUT2D eigenvalue weighted by molar-refractivity contribution is 5.95. The molecule has 2 heterocycles. The second-order valence-electron chi connectivity index (χ2n) is 5.52. The summed E-state index contributed by atoms with van der Waals surface area (Å²) in [6.07, 6.45) is 6.01. The van der Waals surface area contributed by atoms with Gasteiger partial charge in [-0.25, -0.2) is 4.68 Å². The van der Waals surface area contributed by atoms with Crippen molar-refractivity contribution in [2.24, 2.45) is 0 Å². The van der Waals surface area contributed by atoms with E-state index < -0.39 is 5.54 Å². The maximum absolute atomic E-state index is 12.5. The molecule has 9 nitrogen and oxygen atoms in total. The summed E-state index contributed by atoms with van der Waals surface area (Å²) >= 11 is 0. The fraction of sp³-hybridized carbons (Fsp3) is 0.286. The molecule has 1 fully saturated rings. The van der Waals surface area contributed by atoms with Crippen LogP contribution in [0.25, 0.3) is 5.69 Å². The Hall–Kier alpha value is -3.10. The van der Waals surface area contributed by atoms with Gasteiger partial charge in [0.1, 0.15) is 5.54 Å². The van der Waals surface area contributed by atoms with Crippen LogP contribution in [0.5, 0.6) is 0 Å². The second-order valence-corrected chi connectivity index (χ2v) is 5.52. The Bertz CT molecular complexity index is 790. The van der Waals surface area contributed by atoms with Crippen LogP contribution < -0.4 is 5.32 Å². The van der Waals surface area contributed by atoms with Crippen LogP contribution in [0, 0.1) is 0 Å². The Morgan fingerprint density at radius 1 is 1.26 bits per heavy atom. The largest absolute Gasteiger partial charge is 0.339 e. The first kappa shape index (κ1) is 13.6. The summed E-state index contributed by atoms with van der Waals surface area (Å²) < 4.78 is 1.63. The number of hydrogen-bond acceptors (Lipinski definition) is 6. The number of tetrazole rings is 1. The molecule has 0 atom stereocenters. The number of aromatic amines is 1. The quantitative estimate of drug-likeness (QED) is 0.729. The van der Waals surface area contributed by atoms with Crippen LogP contribution in [-0.4, -0.2) is 41.5 Å². The SMILES string of the molecule is O=C(NC1(c2nn[nH]n2)CCC1)c1ccc(-n2ccnn2)cc1. The van der Waals surface area contributed by atoms with Gasteiger partial charge in [-0.05, 0) is 43.5 Å². The lowest BCUT2D eigenvalue weighted by Crippen LogP contribution is -2.51. The molecule has 1 amide bonds. The van der Waals surface area contributed by atoms with Gasteiger partial charge in [0.15, 0.2) is 5.82 Å². The summed E-state index contributed by atoms with van der Waals surface area (Å²) in [5.41, 5.74) is 0.911. The zero-order valence-electron chi connectivity index (χ0n) is 12.2. The van der Waals surface area contributed by atoms with Crippen molar-refractivity contribution in [2.45, 2.75) is 24.8 Å². The van der Waals surface area contributed by atoms with Crippen LogP contribution in [0.4, 0.5) is 0 Å². The Morgan fingerprint density at radius 3 is 2.65 bits per heavy atom. The van der Waals surface area contributed by atoms with Crippen molar-refractivity contribution in [2.75, 3.05) is 0 Å². The van der Waals surface area contributed by atoms with Crippen molar-refractivity contribution in [3.63, 3.8) is 0 Å². The van der Waals surface area contributed by atoms with Gasteiger partial charge in [0, 0.05) is 5.56 Å². The molecule has 0 unspecified atom stereocenters. The van der Waals surface area contributed by atoms with Crippen LogP contribution in [0.3, 0.4) is 0 Å². The number of amides is 1. The molecule has 0 spiro atoms. The Balaban J connectivity index is 1.53. The first-order valence-corrected chi connectivity index (χ1v) is 7.30. The zero-order valence-corrected chi connectivity index (χ0v) is 12.2. The predicted molar refractivity (Wildman–Crippen MR) is 78.5 cm³/mol. The van der Waals surface area contributed by atoms with Crippen molar-refractivity contribution < 1.29 is 4.79 Å². The van der Waals surface area contributed by atoms with Gasteiger partial charge in [-0.15, -0.1) is 15.3 Å². The van der Waals surface area contributed by atoms with Crippen molar-refractivity contribution in [3.05, 3.63) is 48.0 Å². The smallest absolute Gasteiger partial charge is 0.252 e. The molecule has 0 saturated heterocycles. The molecule has 0 aliphatic heterocycles. The molecule has 116 valence electrons. The first-order chi connectivity index (χ1) is 11.3. The molecule has 2 N–H and O–H groups in total. The molecular weight excluding hydrogens is 296 g/mol. The molecule has 0 bridgehead atoms. The van der Waals surface area contributed by atoms with E-state index in [9.17, 15) is 4.79 Å². The minimum atomic E-state index is -0.505. The lowest BCUT2D eigenvalue weighted by Gasteiger charge is -2.39. The van der Waals surface area contributed by atoms with Crippen LogP contribution in [0.1, 0.15) is 35.4 Å². The van der Waals surface area contributed by atoms with Gasteiger partial charge < -0.3 is 5.32 Å². The fourth-order valence-corrected chi connectivity index (χ4v) is 2.70. The number of carbonyl (C=O) groups is 1. The Morgan fingerprint density at radius 2 is 2.09 bits per heavy atom. The predicted octanol–water partition coefficient (Wildman–Crippen LogP) is 0.590. The monoisotopic (exact) mass is 310 g/mol. The normalized spacial score (nSPS) is 15.8. The molecule has 1 saturated carbocycles. The van der Waals surface area contributed by atoms with Crippen LogP contribution in [0.2, 0.25) is 0 Å². The van der Waals surface area contributed by atoms with Gasteiger partial charge >= 0.3 is 0 Å². The average molecular weight is 310 g/mol. The highest BCUT2D eigenvalue weighted by atomic mass is 16.1. The van der Waals surface area contributed by atoms with E-state index in [1.807, 2.05) is 12.1 Å². The van der Waals surface area contributed by atoms with E-state index >= 15 is 0 Å². The van der Waals surface area contributed by atoms with E-state index in [-0.39, 0.29) is 5.91 Å². The zero-order chi connectivity index (χ0) is 15.7. The van der Waals surface area contributed by atoms with Crippen molar-refractivity contribution in [3.8, 4) is 5.69 Å². The summed E-state index contributed by atoms with van der Waals surface area (Å²) in [7, 11) is 0. The van der Waals surface area contributed by atoms with Crippen LogP contribution in [-0.2, 0) is 5.54 Å². The highest BCUT2D eigenvalue weighted by Gasteiger charge is 2.43. The molecule has 4 rings (SSSR count). The number of carbonyl (C=O) groups excluding carboxylic acids is 1. The number of H-pyrrole nitrogens is 1. The van der Waals surface area contributed by atoms with E-state index in [0.29, 0.717) is 11.4 Å². The van der Waals surface area contributed by atoms with Gasteiger partial charge in [0.05, 0.1) is 18.1 Å². The lowest BCUT2D eigenvalue weighted by molar-refractivity contribution is 0.0809. The van der Waals surface area contributed by atoms with Gasteiger partial charge in [-0.2, -0.15) is 5.21 Å². The maximum Gasteiger partial charge on any atom is 0.252 e. The minimum Gasteiger partial charge on any atom is -0.339 e. The summed E-state index contributed by atoms with van der Waals surface area (Å²) in [5.74, 6) is 0.385. The molecule has 0 radical (unpaired) electrons. The number of benzene rings is 1. The van der Waals surface area contributed by atoms with Crippen molar-refractivity contribution in [1.29, 1.82) is 0 Å². The molecule has 1 aromatic carbocycles. The van der Waals surface area contributed by atoms with Gasteiger partial charge in [0.25, 0.3) is 5.91 Å². The summed E-state index contributed by atoms with van der Waals surface area (Å²) in [6, 6.07) is 7.17. The molecule has 9 heteroatoms. The van der Waals surface area contributed by atoms with E-state index in [2.05, 4.69) is 36.3 Å². The minimum absolute atomic E-state index is 0.153. The van der Waals surface area contributed by atoms with E-state index in [1.165, 1.54) is 0 Å². The van der Waals surface area contributed by atoms with Gasteiger partial charge in [0.2, 0.25) is 0 Å². The van der Waals surface area contributed by atoms with Crippen LogP contribution in [0.15, 0.2) is 36.7 Å². The van der Waals surface area contributed by atoms with Crippen LogP contribution >= 0.6 is 0 Å². The van der Waals surface area contributed by atoms with Gasteiger partial charge in [-0.3, -0.25) is 4.79 Å². The Kier molecular flexibility index (Phi) is 3.11. The van der Waals surface area contributed by atoms with Gasteiger partial charge in [-0.1, -0.05) is 10.4 Å². The Labute approximate surface area is 131 Å². The molecule has 1 aliphatic carbocycles. The molecule has 23 heavy (non-hydrogen) atoms. The third-order valence-corrected chi connectivity index (χ3v) is 4.15. The summed E-state index contributed by atoms with van der Waals surface area (Å²) in [5, 5.41) is 24.8. The average Bonchev–Trinajstić information content (AvgIpc) is 3.24. The number of rotatable bonds is 4. The number of nitrogens with zero attached hydrogens (tertiary/aromatic N) is 6. The van der Waals surface area contributed by atoms with Crippen molar-refractivity contribution in [1.82, 2.24) is 40.9 Å². The number of aromatic nitrogens is 7. The van der Waals surface area contributed by atoms with E-state index in [1.54, 1.807) is 29.2 Å². The molecular formula is C14H14N8O. The molecule has 2 aromatic heterocycles. The molecule has 1 aliphatic rings. The fourth-order valence-electron chi connectivity index (χ4n) is 2.70. The van der Waals surface area contributed by atoms with E-state index in [0.717, 1.165) is 24.9 Å². The third kappa shape index (κ3) is 2.35. The standard InChI is InChI=1S/C14H14N8O/c23-12(16-14(6-1-7-14)13-17-19-20-18-13)10-2-4-11(5-3-10)22-9-8-15-21-22/h2-5,8-9H,1,6-7H2,(H,16,23)(H,17,18,19,20). The van der Waals surface area contributed by atoms with E-state index in [4.69, 9.17) is 0 Å². The summed E-state index contributed by atoms with van der Waals surface area (Å²) in [4.78, 5) is 12.5. The summed E-state index contributed by atoms with van der Waals surface area (Å²) in [6.45, 7) is 0. The first-order valence-electron chi connectivity index (χ1n) is 7.30.